The number of hydrogen-bond donors (Lipinski definition) is 0. The Morgan fingerprint density at radius 3 is 2.50 bits per heavy atom. The lowest BCUT2D eigenvalue weighted by Crippen LogP contribution is -2.26. The van der Waals surface area contributed by atoms with Crippen molar-refractivity contribution in [2.24, 2.45) is 0 Å². The molecule has 0 spiro atoms. The molecule has 1 heterocycles. The van der Waals surface area contributed by atoms with Crippen molar-refractivity contribution in [1.29, 1.82) is 0 Å². The molecule has 116 valence electrons. The van der Waals surface area contributed by atoms with Crippen molar-refractivity contribution < 1.29 is 13.5 Å². The number of rotatable bonds is 6. The maximum Gasteiger partial charge on any atom is 0.264 e. The standard InChI is InChI=1S/C16H14F2INO2/c1-2-9-22-12-5-3-11(4-6-12)14-8-7-13(19)16(21)20(14)10-15(17)18/h2-8,15H,1,9-10H2. The first-order valence-corrected chi connectivity index (χ1v) is 7.62. The molecule has 0 amide bonds. The zero-order valence-electron chi connectivity index (χ0n) is 11.6. The van der Waals surface area contributed by atoms with E-state index in [0.29, 0.717) is 27.2 Å². The molecule has 0 saturated carbocycles. The van der Waals surface area contributed by atoms with Crippen LogP contribution in [0.25, 0.3) is 11.3 Å². The second kappa shape index (κ2) is 7.53. The van der Waals surface area contributed by atoms with E-state index in [1.165, 1.54) is 0 Å². The van der Waals surface area contributed by atoms with E-state index in [0.717, 1.165) is 4.57 Å². The molecule has 2 aromatic rings. The molecule has 3 nitrogen and oxygen atoms in total. The predicted molar refractivity (Wildman–Crippen MR) is 90.6 cm³/mol. The van der Waals surface area contributed by atoms with E-state index in [-0.39, 0.29) is 0 Å². The third-order valence-electron chi connectivity index (χ3n) is 2.97. The van der Waals surface area contributed by atoms with E-state index in [9.17, 15) is 13.6 Å². The minimum Gasteiger partial charge on any atom is -0.490 e. The Hall–Kier alpha value is -1.70. The maximum absolute atomic E-state index is 12.7. The summed E-state index contributed by atoms with van der Waals surface area (Å²) in [7, 11) is 0. The normalized spacial score (nSPS) is 10.7. The number of halogens is 3. The van der Waals surface area contributed by atoms with Crippen LogP contribution in [0.1, 0.15) is 0 Å². The molecule has 2 rings (SSSR count). The fourth-order valence-corrected chi connectivity index (χ4v) is 2.47. The summed E-state index contributed by atoms with van der Waals surface area (Å²) in [4.78, 5) is 12.1. The summed E-state index contributed by atoms with van der Waals surface area (Å²) in [6, 6.07) is 10.2. The van der Waals surface area contributed by atoms with Crippen molar-refractivity contribution in [3.05, 3.63) is 63.0 Å². The summed E-state index contributed by atoms with van der Waals surface area (Å²) >= 11 is 1.85. The van der Waals surface area contributed by atoms with Gasteiger partial charge in [0, 0.05) is 0 Å². The number of benzene rings is 1. The van der Waals surface area contributed by atoms with Gasteiger partial charge in [0.05, 0.1) is 15.8 Å². The summed E-state index contributed by atoms with van der Waals surface area (Å²) in [5, 5.41) is 0. The van der Waals surface area contributed by atoms with Gasteiger partial charge in [0.1, 0.15) is 12.4 Å². The Kier molecular flexibility index (Phi) is 5.70. The van der Waals surface area contributed by atoms with Gasteiger partial charge >= 0.3 is 0 Å². The molecule has 0 radical (unpaired) electrons. The van der Waals surface area contributed by atoms with Gasteiger partial charge in [0.15, 0.2) is 0 Å². The molecule has 0 fully saturated rings. The minimum absolute atomic E-state index is 0.388. The van der Waals surface area contributed by atoms with Gasteiger partial charge in [0.25, 0.3) is 12.0 Å². The van der Waals surface area contributed by atoms with Crippen molar-refractivity contribution in [1.82, 2.24) is 4.57 Å². The van der Waals surface area contributed by atoms with Crippen LogP contribution in [0.15, 0.2) is 53.8 Å². The molecule has 1 aromatic carbocycles. The van der Waals surface area contributed by atoms with Gasteiger partial charge in [-0.3, -0.25) is 4.79 Å². The van der Waals surface area contributed by atoms with Gasteiger partial charge in [-0.05, 0) is 64.6 Å². The summed E-state index contributed by atoms with van der Waals surface area (Å²) < 4.78 is 32.4. The van der Waals surface area contributed by atoms with Gasteiger partial charge in [-0.2, -0.15) is 0 Å². The third kappa shape index (κ3) is 3.94. The topological polar surface area (TPSA) is 31.2 Å². The lowest BCUT2D eigenvalue weighted by molar-refractivity contribution is 0.125. The molecule has 6 heteroatoms. The van der Waals surface area contributed by atoms with Crippen molar-refractivity contribution >= 4 is 22.6 Å². The van der Waals surface area contributed by atoms with Crippen LogP contribution in [0, 0.1) is 3.57 Å². The Balaban J connectivity index is 2.41. The molecule has 0 bridgehead atoms. The predicted octanol–water partition coefficient (Wildman–Crippen LogP) is 3.95. The first-order valence-electron chi connectivity index (χ1n) is 6.54. The van der Waals surface area contributed by atoms with Crippen LogP contribution in [0.2, 0.25) is 0 Å². The largest absolute Gasteiger partial charge is 0.490 e. The van der Waals surface area contributed by atoms with E-state index in [1.54, 1.807) is 42.5 Å². The number of nitrogens with zero attached hydrogens (tertiary/aromatic N) is 1. The first kappa shape index (κ1) is 16.7. The molecular formula is C16H14F2INO2. The minimum atomic E-state index is -2.59. The maximum atomic E-state index is 12.7. The molecule has 1 aromatic heterocycles. The summed E-state index contributed by atoms with van der Waals surface area (Å²) in [6.07, 6.45) is -0.960. The Bertz CT molecular complexity index is 711. The average Bonchev–Trinajstić information content (AvgIpc) is 2.50. The SMILES string of the molecule is C=CCOc1ccc(-c2ccc(I)c(=O)n2CC(F)F)cc1. The number of alkyl halides is 2. The lowest BCUT2D eigenvalue weighted by Gasteiger charge is -2.13. The first-order chi connectivity index (χ1) is 10.5. The molecule has 0 aliphatic rings. The fourth-order valence-electron chi connectivity index (χ4n) is 2.00. The van der Waals surface area contributed by atoms with Gasteiger partial charge in [-0.25, -0.2) is 8.78 Å². The molecule has 0 aliphatic heterocycles. The highest BCUT2D eigenvalue weighted by Crippen LogP contribution is 2.23. The van der Waals surface area contributed by atoms with E-state index >= 15 is 0 Å². The quantitative estimate of drug-likeness (QED) is 0.527. The summed E-state index contributed by atoms with van der Waals surface area (Å²) in [5.74, 6) is 0.650. The molecule has 0 aliphatic carbocycles. The summed E-state index contributed by atoms with van der Waals surface area (Å²) in [6.45, 7) is 3.33. The molecular weight excluding hydrogens is 403 g/mol. The number of pyridine rings is 1. The Labute approximate surface area is 140 Å². The molecule has 0 N–H and O–H groups in total. The smallest absolute Gasteiger partial charge is 0.264 e. The van der Waals surface area contributed by atoms with Gasteiger partial charge in [0.2, 0.25) is 0 Å². The van der Waals surface area contributed by atoms with Gasteiger partial charge in [-0.15, -0.1) is 0 Å². The van der Waals surface area contributed by atoms with Gasteiger partial charge < -0.3 is 9.30 Å². The monoisotopic (exact) mass is 417 g/mol. The molecule has 0 saturated heterocycles. The third-order valence-corrected chi connectivity index (χ3v) is 3.79. The number of ether oxygens (including phenoxy) is 1. The van der Waals surface area contributed by atoms with Crippen LogP contribution >= 0.6 is 22.6 Å². The second-order valence-electron chi connectivity index (χ2n) is 4.50. The van der Waals surface area contributed by atoms with Gasteiger partial charge in [-0.1, -0.05) is 12.7 Å². The van der Waals surface area contributed by atoms with E-state index in [4.69, 9.17) is 4.74 Å². The zero-order valence-corrected chi connectivity index (χ0v) is 13.8. The van der Waals surface area contributed by atoms with Crippen molar-refractivity contribution in [3.63, 3.8) is 0 Å². The van der Waals surface area contributed by atoms with Crippen molar-refractivity contribution in [2.45, 2.75) is 13.0 Å². The Morgan fingerprint density at radius 1 is 1.23 bits per heavy atom. The van der Waals surface area contributed by atoms with Crippen molar-refractivity contribution in [3.8, 4) is 17.0 Å². The van der Waals surface area contributed by atoms with Crippen LogP contribution < -0.4 is 10.3 Å². The highest BCUT2D eigenvalue weighted by Gasteiger charge is 2.13. The van der Waals surface area contributed by atoms with Crippen LogP contribution in [0.4, 0.5) is 8.78 Å². The fraction of sp³-hybridized carbons (Fsp3) is 0.188. The highest BCUT2D eigenvalue weighted by molar-refractivity contribution is 14.1. The van der Waals surface area contributed by atoms with E-state index < -0.39 is 18.5 Å². The number of aromatic nitrogens is 1. The van der Waals surface area contributed by atoms with Crippen LogP contribution in [-0.4, -0.2) is 17.6 Å². The lowest BCUT2D eigenvalue weighted by atomic mass is 10.1. The van der Waals surface area contributed by atoms with Crippen LogP contribution in [-0.2, 0) is 6.54 Å². The van der Waals surface area contributed by atoms with Crippen LogP contribution in [0.5, 0.6) is 5.75 Å². The average molecular weight is 417 g/mol. The van der Waals surface area contributed by atoms with E-state index in [1.807, 2.05) is 22.6 Å². The zero-order chi connectivity index (χ0) is 16.1. The Morgan fingerprint density at radius 2 is 1.91 bits per heavy atom. The van der Waals surface area contributed by atoms with E-state index in [2.05, 4.69) is 6.58 Å². The molecule has 22 heavy (non-hydrogen) atoms. The van der Waals surface area contributed by atoms with Crippen molar-refractivity contribution in [2.75, 3.05) is 6.61 Å². The number of hydrogen-bond acceptors (Lipinski definition) is 2. The summed E-state index contributed by atoms with van der Waals surface area (Å²) in [5.41, 5.74) is 0.728. The highest BCUT2D eigenvalue weighted by atomic mass is 127. The second-order valence-corrected chi connectivity index (χ2v) is 5.66. The molecule has 0 atom stereocenters. The van der Waals surface area contributed by atoms with Crippen LogP contribution in [0.3, 0.4) is 0 Å². The molecule has 0 unspecified atom stereocenters.